The lowest BCUT2D eigenvalue weighted by Gasteiger charge is -2.13. The van der Waals surface area contributed by atoms with E-state index in [1.807, 2.05) is 36.4 Å². The molecule has 1 saturated carbocycles. The van der Waals surface area contributed by atoms with E-state index in [-0.39, 0.29) is 17.9 Å². The molecule has 0 saturated heterocycles. The fourth-order valence-electron chi connectivity index (χ4n) is 3.75. The molecule has 0 aromatic heterocycles. The smallest absolute Gasteiger partial charge is 0.256 e. The predicted molar refractivity (Wildman–Crippen MR) is 126 cm³/mol. The second kappa shape index (κ2) is 10.2. The van der Waals surface area contributed by atoms with Crippen LogP contribution in [0.25, 0.3) is 0 Å². The number of nitrogens with zero attached hydrogens (tertiary/aromatic N) is 1. The molecule has 160 valence electrons. The molecule has 1 aliphatic rings. The van der Waals surface area contributed by atoms with E-state index >= 15 is 0 Å². The van der Waals surface area contributed by atoms with Crippen LogP contribution in [0, 0.1) is 11.3 Å². The monoisotopic (exact) mass is 441 g/mol. The zero-order valence-electron chi connectivity index (χ0n) is 17.5. The van der Waals surface area contributed by atoms with Crippen molar-refractivity contribution in [3.05, 3.63) is 89.5 Å². The molecule has 6 heteroatoms. The minimum Gasteiger partial charge on any atom is -0.349 e. The summed E-state index contributed by atoms with van der Waals surface area (Å²) in [7, 11) is 0. The highest BCUT2D eigenvalue weighted by Gasteiger charge is 2.18. The summed E-state index contributed by atoms with van der Waals surface area (Å²) >= 11 is 1.39. The Hall–Kier alpha value is -3.56. The van der Waals surface area contributed by atoms with Crippen molar-refractivity contribution in [2.75, 3.05) is 5.32 Å². The van der Waals surface area contributed by atoms with Crippen LogP contribution in [0.3, 0.4) is 0 Å². The Morgan fingerprint density at radius 3 is 2.22 bits per heavy atom. The van der Waals surface area contributed by atoms with Crippen molar-refractivity contribution in [1.29, 1.82) is 5.26 Å². The van der Waals surface area contributed by atoms with Crippen molar-refractivity contribution in [2.45, 2.75) is 41.5 Å². The topological polar surface area (TPSA) is 82.0 Å². The first-order chi connectivity index (χ1) is 15.6. The van der Waals surface area contributed by atoms with Crippen LogP contribution in [0.15, 0.2) is 82.6 Å². The highest BCUT2D eigenvalue weighted by atomic mass is 32.2. The fourth-order valence-corrected chi connectivity index (χ4v) is 4.78. The van der Waals surface area contributed by atoms with Gasteiger partial charge in [0.05, 0.1) is 11.1 Å². The molecule has 0 radical (unpaired) electrons. The largest absolute Gasteiger partial charge is 0.349 e. The van der Waals surface area contributed by atoms with Gasteiger partial charge >= 0.3 is 0 Å². The Morgan fingerprint density at radius 1 is 0.844 bits per heavy atom. The maximum absolute atomic E-state index is 13.0. The Kier molecular flexibility index (Phi) is 6.88. The molecule has 3 aromatic rings. The van der Waals surface area contributed by atoms with Crippen molar-refractivity contribution < 1.29 is 9.59 Å². The summed E-state index contributed by atoms with van der Waals surface area (Å²) in [6.07, 6.45) is 4.40. The van der Waals surface area contributed by atoms with Crippen molar-refractivity contribution in [2.24, 2.45) is 0 Å². The van der Waals surface area contributed by atoms with Gasteiger partial charge in [-0.1, -0.05) is 48.9 Å². The molecule has 2 N–H and O–H groups in total. The second-order valence-corrected chi connectivity index (χ2v) is 8.78. The molecule has 0 spiro atoms. The van der Waals surface area contributed by atoms with E-state index in [0.717, 1.165) is 35.5 Å². The lowest BCUT2D eigenvalue weighted by atomic mass is 10.1. The van der Waals surface area contributed by atoms with Crippen LogP contribution in [-0.4, -0.2) is 17.9 Å². The average Bonchev–Trinajstić information content (AvgIpc) is 3.33. The van der Waals surface area contributed by atoms with Gasteiger partial charge in [-0.2, -0.15) is 5.26 Å². The molecule has 32 heavy (non-hydrogen) atoms. The van der Waals surface area contributed by atoms with Crippen LogP contribution in [0.1, 0.15) is 52.0 Å². The van der Waals surface area contributed by atoms with Gasteiger partial charge in [0.1, 0.15) is 6.07 Å². The summed E-state index contributed by atoms with van der Waals surface area (Å²) in [6.45, 7) is 0. The first-order valence-electron chi connectivity index (χ1n) is 10.6. The Balaban J connectivity index is 1.45. The number of carbonyl (C=O) groups is 2. The van der Waals surface area contributed by atoms with Gasteiger partial charge < -0.3 is 10.6 Å². The summed E-state index contributed by atoms with van der Waals surface area (Å²) in [5.41, 5.74) is 2.29. The number of carbonyl (C=O) groups excluding carboxylic acids is 2. The molecule has 0 atom stereocenters. The summed E-state index contributed by atoms with van der Waals surface area (Å²) in [5.74, 6) is -0.321. The number of amides is 2. The highest BCUT2D eigenvalue weighted by Crippen LogP contribution is 2.33. The maximum atomic E-state index is 13.0. The number of hydrogen-bond acceptors (Lipinski definition) is 4. The minimum atomic E-state index is -0.245. The van der Waals surface area contributed by atoms with E-state index in [1.54, 1.807) is 36.4 Å². The number of nitriles is 1. The van der Waals surface area contributed by atoms with Gasteiger partial charge in [-0.05, 0) is 61.4 Å². The third-order valence-corrected chi connectivity index (χ3v) is 6.61. The molecule has 0 bridgehead atoms. The number of hydrogen-bond donors (Lipinski definition) is 2. The van der Waals surface area contributed by atoms with Crippen molar-refractivity contribution in [3.8, 4) is 6.07 Å². The highest BCUT2D eigenvalue weighted by molar-refractivity contribution is 7.99. The van der Waals surface area contributed by atoms with Crippen molar-refractivity contribution in [1.82, 2.24) is 5.32 Å². The molecule has 0 heterocycles. The third-order valence-electron chi connectivity index (χ3n) is 5.45. The molecule has 1 aliphatic carbocycles. The summed E-state index contributed by atoms with van der Waals surface area (Å²) in [6, 6.07) is 24.0. The average molecular weight is 442 g/mol. The van der Waals surface area contributed by atoms with Gasteiger partial charge in [0.15, 0.2) is 0 Å². The number of benzene rings is 3. The SMILES string of the molecule is N#Cc1ccccc1Sc1ccccc1C(=O)Nc1ccc(C(=O)NC2CCCC2)cc1. The number of nitrogens with one attached hydrogen (secondary N) is 2. The summed E-state index contributed by atoms with van der Waals surface area (Å²) in [5, 5.41) is 15.3. The van der Waals surface area contributed by atoms with Crippen LogP contribution in [0.4, 0.5) is 5.69 Å². The predicted octanol–water partition coefficient (Wildman–Crippen LogP) is 5.63. The minimum absolute atomic E-state index is 0.0762. The molecule has 0 aliphatic heterocycles. The van der Waals surface area contributed by atoms with Gasteiger partial charge in [-0.25, -0.2) is 0 Å². The first-order valence-corrected chi connectivity index (χ1v) is 11.4. The van der Waals surface area contributed by atoms with Gasteiger partial charge in [0.2, 0.25) is 0 Å². The molecular weight excluding hydrogens is 418 g/mol. The van der Waals surface area contributed by atoms with E-state index in [2.05, 4.69) is 16.7 Å². The number of rotatable bonds is 6. The molecule has 1 fully saturated rings. The van der Waals surface area contributed by atoms with Gasteiger partial charge in [-0.3, -0.25) is 9.59 Å². The lowest BCUT2D eigenvalue weighted by Crippen LogP contribution is -2.32. The third kappa shape index (κ3) is 5.19. The molecule has 5 nitrogen and oxygen atoms in total. The molecule has 0 unspecified atom stereocenters. The Morgan fingerprint density at radius 2 is 1.50 bits per heavy atom. The summed E-state index contributed by atoms with van der Waals surface area (Å²) < 4.78 is 0. The van der Waals surface area contributed by atoms with Gasteiger partial charge in [0.25, 0.3) is 11.8 Å². The van der Waals surface area contributed by atoms with E-state index < -0.39 is 0 Å². The molecule has 2 amide bonds. The van der Waals surface area contributed by atoms with Crippen molar-refractivity contribution >= 4 is 29.3 Å². The molecule has 4 rings (SSSR count). The van der Waals surface area contributed by atoms with Gasteiger partial charge in [0, 0.05) is 27.1 Å². The first kappa shape index (κ1) is 21.7. The Bertz CT molecular complexity index is 1160. The van der Waals surface area contributed by atoms with E-state index in [9.17, 15) is 14.9 Å². The van der Waals surface area contributed by atoms with E-state index in [1.165, 1.54) is 11.8 Å². The normalized spacial score (nSPS) is 13.3. The number of anilines is 1. The molecule has 3 aromatic carbocycles. The standard InChI is InChI=1S/C26H23N3O2S/c27-17-19-7-1-5-11-23(19)32-24-12-6-4-10-22(24)26(31)29-21-15-13-18(14-16-21)25(30)28-20-8-2-3-9-20/h1,4-7,10-16,20H,2-3,8-9H2,(H,28,30)(H,29,31). The zero-order chi connectivity index (χ0) is 22.3. The summed E-state index contributed by atoms with van der Waals surface area (Å²) in [4.78, 5) is 26.9. The molecular formula is C26H23N3O2S. The maximum Gasteiger partial charge on any atom is 0.256 e. The second-order valence-electron chi connectivity index (χ2n) is 7.69. The van der Waals surface area contributed by atoms with Crippen LogP contribution >= 0.6 is 11.8 Å². The van der Waals surface area contributed by atoms with Crippen LogP contribution in [-0.2, 0) is 0 Å². The van der Waals surface area contributed by atoms with Gasteiger partial charge in [-0.15, -0.1) is 0 Å². The van der Waals surface area contributed by atoms with Crippen LogP contribution < -0.4 is 10.6 Å². The lowest BCUT2D eigenvalue weighted by molar-refractivity contribution is 0.0937. The van der Waals surface area contributed by atoms with Crippen LogP contribution in [0.5, 0.6) is 0 Å². The van der Waals surface area contributed by atoms with Crippen molar-refractivity contribution in [3.63, 3.8) is 0 Å². The zero-order valence-corrected chi connectivity index (χ0v) is 18.3. The van der Waals surface area contributed by atoms with Crippen LogP contribution in [0.2, 0.25) is 0 Å². The van der Waals surface area contributed by atoms with E-state index in [4.69, 9.17) is 0 Å². The Labute approximate surface area is 191 Å². The fraction of sp³-hybridized carbons (Fsp3) is 0.192. The van der Waals surface area contributed by atoms with E-state index in [0.29, 0.717) is 22.4 Å². The quantitative estimate of drug-likeness (QED) is 0.519.